The molecule has 0 radical (unpaired) electrons. The molecule has 3 rings (SSSR count). The zero-order chi connectivity index (χ0) is 10.6. The Kier molecular flexibility index (Phi) is 1.82. The largest absolute Gasteiger partial charge is 0.465 e. The zero-order valence-corrected chi connectivity index (χ0v) is 9.60. The maximum atomic E-state index is 6.36. The van der Waals surface area contributed by atoms with Crippen molar-refractivity contribution in [2.75, 3.05) is 0 Å². The standard InChI is InChI=1S/C13H19NO/c1-8(2)12-11(13(14)6-7-13)9-4-3-5-10(9)15-12/h8H,3-7,14H2,1-2H3. The summed E-state index contributed by atoms with van der Waals surface area (Å²) in [4.78, 5) is 0. The maximum Gasteiger partial charge on any atom is 0.112 e. The van der Waals surface area contributed by atoms with E-state index < -0.39 is 0 Å². The van der Waals surface area contributed by atoms with Crippen molar-refractivity contribution in [1.82, 2.24) is 0 Å². The third-order valence-corrected chi connectivity index (χ3v) is 3.76. The van der Waals surface area contributed by atoms with Gasteiger partial charge in [-0.1, -0.05) is 13.8 Å². The van der Waals surface area contributed by atoms with Crippen LogP contribution in [0.2, 0.25) is 0 Å². The van der Waals surface area contributed by atoms with Gasteiger partial charge in [0.2, 0.25) is 0 Å². The minimum Gasteiger partial charge on any atom is -0.465 e. The van der Waals surface area contributed by atoms with Crippen LogP contribution in [0.25, 0.3) is 0 Å². The molecular weight excluding hydrogens is 186 g/mol. The third kappa shape index (κ3) is 1.27. The van der Waals surface area contributed by atoms with Crippen LogP contribution in [0.5, 0.6) is 0 Å². The summed E-state index contributed by atoms with van der Waals surface area (Å²) in [6.45, 7) is 4.40. The summed E-state index contributed by atoms with van der Waals surface area (Å²) < 4.78 is 6.01. The molecule has 0 spiro atoms. The van der Waals surface area contributed by atoms with E-state index in [0.29, 0.717) is 5.92 Å². The average Bonchev–Trinajstić information content (AvgIpc) is 2.63. The Bertz CT molecular complexity index is 399. The fraction of sp³-hybridized carbons (Fsp3) is 0.692. The van der Waals surface area contributed by atoms with E-state index in [0.717, 1.165) is 19.3 Å². The highest BCUT2D eigenvalue weighted by molar-refractivity contribution is 5.45. The number of fused-ring (bicyclic) bond motifs is 1. The van der Waals surface area contributed by atoms with Gasteiger partial charge in [-0.25, -0.2) is 0 Å². The Hall–Kier alpha value is -0.760. The van der Waals surface area contributed by atoms with Gasteiger partial charge in [-0.05, 0) is 31.2 Å². The molecule has 2 nitrogen and oxygen atoms in total. The fourth-order valence-corrected chi connectivity index (χ4v) is 2.76. The number of hydrogen-bond donors (Lipinski definition) is 1. The molecule has 0 amide bonds. The molecule has 1 heterocycles. The highest BCUT2D eigenvalue weighted by atomic mass is 16.3. The molecule has 0 aliphatic heterocycles. The van der Waals surface area contributed by atoms with E-state index in [2.05, 4.69) is 13.8 Å². The zero-order valence-electron chi connectivity index (χ0n) is 9.60. The maximum absolute atomic E-state index is 6.36. The van der Waals surface area contributed by atoms with Crippen molar-refractivity contribution in [1.29, 1.82) is 0 Å². The second kappa shape index (κ2) is 2.88. The van der Waals surface area contributed by atoms with Crippen LogP contribution in [-0.2, 0) is 18.4 Å². The molecule has 1 aromatic rings. The fourth-order valence-electron chi connectivity index (χ4n) is 2.76. The molecule has 0 atom stereocenters. The molecule has 2 N–H and O–H groups in total. The van der Waals surface area contributed by atoms with Gasteiger partial charge >= 0.3 is 0 Å². The number of rotatable bonds is 2. The van der Waals surface area contributed by atoms with E-state index in [9.17, 15) is 0 Å². The van der Waals surface area contributed by atoms with Crippen molar-refractivity contribution in [2.24, 2.45) is 5.73 Å². The van der Waals surface area contributed by atoms with Gasteiger partial charge in [-0.3, -0.25) is 0 Å². The van der Waals surface area contributed by atoms with Crippen LogP contribution in [0.4, 0.5) is 0 Å². The molecule has 1 fully saturated rings. The van der Waals surface area contributed by atoms with Gasteiger partial charge in [-0.2, -0.15) is 0 Å². The van der Waals surface area contributed by atoms with E-state index in [-0.39, 0.29) is 5.54 Å². The summed E-state index contributed by atoms with van der Waals surface area (Å²) in [5, 5.41) is 0. The lowest BCUT2D eigenvalue weighted by molar-refractivity contribution is 0.442. The molecule has 2 aliphatic rings. The predicted octanol–water partition coefficient (Wildman–Crippen LogP) is 2.84. The molecule has 15 heavy (non-hydrogen) atoms. The van der Waals surface area contributed by atoms with Crippen LogP contribution in [0.3, 0.4) is 0 Å². The Labute approximate surface area is 90.8 Å². The SMILES string of the molecule is CC(C)c1oc2c(c1C1(N)CC1)CCC2. The van der Waals surface area contributed by atoms with Crippen molar-refractivity contribution in [2.45, 2.75) is 57.4 Å². The summed E-state index contributed by atoms with van der Waals surface area (Å²) in [6, 6.07) is 0. The normalized spacial score (nSPS) is 22.1. The van der Waals surface area contributed by atoms with Crippen LogP contribution in [0, 0.1) is 0 Å². The van der Waals surface area contributed by atoms with Crippen molar-refractivity contribution in [3.8, 4) is 0 Å². The van der Waals surface area contributed by atoms with Crippen LogP contribution >= 0.6 is 0 Å². The quantitative estimate of drug-likeness (QED) is 0.806. The molecule has 2 heteroatoms. The molecular formula is C13H19NO. The van der Waals surface area contributed by atoms with Crippen molar-refractivity contribution < 1.29 is 4.42 Å². The van der Waals surface area contributed by atoms with Crippen molar-refractivity contribution >= 4 is 0 Å². The lowest BCUT2D eigenvalue weighted by atomic mass is 9.95. The summed E-state index contributed by atoms with van der Waals surface area (Å²) >= 11 is 0. The van der Waals surface area contributed by atoms with E-state index in [4.69, 9.17) is 10.2 Å². The van der Waals surface area contributed by atoms with Crippen molar-refractivity contribution in [3.05, 3.63) is 22.6 Å². The van der Waals surface area contributed by atoms with E-state index in [1.165, 1.54) is 35.5 Å². The van der Waals surface area contributed by atoms with Gasteiger partial charge in [0, 0.05) is 23.4 Å². The molecule has 82 valence electrons. The van der Waals surface area contributed by atoms with Crippen LogP contribution in [0.1, 0.15) is 61.7 Å². The van der Waals surface area contributed by atoms with Crippen LogP contribution < -0.4 is 5.73 Å². The molecule has 0 saturated heterocycles. The van der Waals surface area contributed by atoms with Crippen LogP contribution in [0.15, 0.2) is 4.42 Å². The van der Waals surface area contributed by atoms with E-state index >= 15 is 0 Å². The van der Waals surface area contributed by atoms with Gasteiger partial charge < -0.3 is 10.2 Å². The van der Waals surface area contributed by atoms with Crippen LogP contribution in [-0.4, -0.2) is 0 Å². The van der Waals surface area contributed by atoms with E-state index in [1.54, 1.807) is 0 Å². The van der Waals surface area contributed by atoms with E-state index in [1.807, 2.05) is 0 Å². The third-order valence-electron chi connectivity index (χ3n) is 3.76. The first-order valence-corrected chi connectivity index (χ1v) is 6.05. The first-order chi connectivity index (χ1) is 7.12. The highest BCUT2D eigenvalue weighted by Gasteiger charge is 2.46. The second-order valence-electron chi connectivity index (χ2n) is 5.41. The monoisotopic (exact) mass is 205 g/mol. The molecule has 0 aromatic carbocycles. The average molecular weight is 205 g/mol. The smallest absolute Gasteiger partial charge is 0.112 e. The first kappa shape index (κ1) is 9.46. The minimum atomic E-state index is -0.0268. The molecule has 0 unspecified atom stereocenters. The lowest BCUT2D eigenvalue weighted by Gasteiger charge is -2.13. The predicted molar refractivity (Wildman–Crippen MR) is 59.9 cm³/mol. The Morgan fingerprint density at radius 3 is 2.60 bits per heavy atom. The van der Waals surface area contributed by atoms with Gasteiger partial charge in [0.25, 0.3) is 0 Å². The number of aryl methyl sites for hydroxylation is 1. The van der Waals surface area contributed by atoms with Crippen molar-refractivity contribution in [3.63, 3.8) is 0 Å². The minimum absolute atomic E-state index is 0.0268. The Morgan fingerprint density at radius 2 is 2.00 bits per heavy atom. The number of furan rings is 1. The summed E-state index contributed by atoms with van der Waals surface area (Å²) in [5.74, 6) is 2.86. The summed E-state index contributed by atoms with van der Waals surface area (Å²) in [7, 11) is 0. The molecule has 1 saturated carbocycles. The summed E-state index contributed by atoms with van der Waals surface area (Å²) in [5.41, 5.74) is 9.17. The summed E-state index contributed by atoms with van der Waals surface area (Å²) in [6.07, 6.45) is 5.82. The molecule has 1 aromatic heterocycles. The molecule has 2 aliphatic carbocycles. The lowest BCUT2D eigenvalue weighted by Crippen LogP contribution is -2.21. The second-order valence-corrected chi connectivity index (χ2v) is 5.41. The molecule has 0 bridgehead atoms. The van der Waals surface area contributed by atoms with Gasteiger partial charge in [0.15, 0.2) is 0 Å². The number of hydrogen-bond acceptors (Lipinski definition) is 2. The highest BCUT2D eigenvalue weighted by Crippen LogP contribution is 2.50. The van der Waals surface area contributed by atoms with Gasteiger partial charge in [-0.15, -0.1) is 0 Å². The first-order valence-electron chi connectivity index (χ1n) is 6.05. The number of nitrogens with two attached hydrogens (primary N) is 1. The van der Waals surface area contributed by atoms with Gasteiger partial charge in [0.1, 0.15) is 11.5 Å². The Morgan fingerprint density at radius 1 is 1.27 bits per heavy atom. The topological polar surface area (TPSA) is 39.2 Å². The van der Waals surface area contributed by atoms with Gasteiger partial charge in [0.05, 0.1) is 0 Å². The Balaban J connectivity index is 2.16.